The van der Waals surface area contributed by atoms with E-state index in [2.05, 4.69) is 52.8 Å². The number of hydrogen-bond acceptors (Lipinski definition) is 2. The summed E-state index contributed by atoms with van der Waals surface area (Å²) in [6.45, 7) is 7.85. The molecular weight excluding hydrogens is 268 g/mol. The molecule has 0 aliphatic carbocycles. The first-order valence-corrected chi connectivity index (χ1v) is 7.23. The van der Waals surface area contributed by atoms with Crippen molar-refractivity contribution in [3.8, 4) is 0 Å². The second kappa shape index (κ2) is 4.90. The van der Waals surface area contributed by atoms with Gasteiger partial charge < -0.3 is 4.98 Å². The molecule has 0 amide bonds. The van der Waals surface area contributed by atoms with Crippen LogP contribution >= 0.6 is 12.2 Å². The van der Waals surface area contributed by atoms with Crippen LogP contribution in [0.1, 0.15) is 23.7 Å². The average Bonchev–Trinajstić information content (AvgIpc) is 2.91. The Hall–Kier alpha value is -1.88. The summed E-state index contributed by atoms with van der Waals surface area (Å²) in [5.41, 5.74) is 5.69. The predicted octanol–water partition coefficient (Wildman–Crippen LogP) is 3.58. The summed E-state index contributed by atoms with van der Waals surface area (Å²) in [6.07, 6.45) is 0. The number of benzene rings is 1. The molecular formula is C15H18N4S. The molecule has 3 rings (SSSR count). The molecule has 0 fully saturated rings. The maximum atomic E-state index is 5.48. The SMILES string of the molecule is CCn1nc(C)c2[nH]c(=S)n(Cc3ccccc3C)c21. The van der Waals surface area contributed by atoms with Crippen molar-refractivity contribution in [3.05, 3.63) is 45.9 Å². The Morgan fingerprint density at radius 2 is 2.00 bits per heavy atom. The first-order chi connectivity index (χ1) is 9.61. The molecule has 0 atom stereocenters. The van der Waals surface area contributed by atoms with E-state index in [4.69, 9.17) is 12.2 Å². The van der Waals surface area contributed by atoms with Gasteiger partial charge in [0.05, 0.1) is 12.2 Å². The lowest BCUT2D eigenvalue weighted by molar-refractivity contribution is 0.643. The van der Waals surface area contributed by atoms with Gasteiger partial charge in [0, 0.05) is 6.54 Å². The Morgan fingerprint density at radius 3 is 2.70 bits per heavy atom. The van der Waals surface area contributed by atoms with E-state index in [9.17, 15) is 0 Å². The molecule has 4 nitrogen and oxygen atoms in total. The van der Waals surface area contributed by atoms with Crippen LogP contribution in [-0.4, -0.2) is 19.3 Å². The number of nitrogens with one attached hydrogen (secondary N) is 1. The molecule has 0 aliphatic rings. The van der Waals surface area contributed by atoms with Gasteiger partial charge in [-0.15, -0.1) is 0 Å². The van der Waals surface area contributed by atoms with Crippen molar-refractivity contribution in [3.63, 3.8) is 0 Å². The number of imidazole rings is 1. The largest absolute Gasteiger partial charge is 0.328 e. The van der Waals surface area contributed by atoms with E-state index in [0.717, 1.165) is 34.7 Å². The number of aryl methyl sites for hydroxylation is 3. The molecule has 0 unspecified atom stereocenters. The van der Waals surface area contributed by atoms with Crippen LogP contribution in [0.3, 0.4) is 0 Å². The second-order valence-electron chi connectivity index (χ2n) is 5.04. The monoisotopic (exact) mass is 286 g/mol. The Balaban J connectivity index is 2.19. The van der Waals surface area contributed by atoms with Crippen molar-refractivity contribution in [2.24, 2.45) is 0 Å². The fraction of sp³-hybridized carbons (Fsp3) is 0.333. The van der Waals surface area contributed by atoms with Crippen LogP contribution in [0.15, 0.2) is 24.3 Å². The van der Waals surface area contributed by atoms with E-state index in [1.165, 1.54) is 11.1 Å². The van der Waals surface area contributed by atoms with E-state index < -0.39 is 0 Å². The molecule has 0 saturated heterocycles. The van der Waals surface area contributed by atoms with Crippen LogP contribution in [0.25, 0.3) is 11.2 Å². The van der Waals surface area contributed by atoms with Gasteiger partial charge in [-0.05, 0) is 44.1 Å². The van der Waals surface area contributed by atoms with Crippen molar-refractivity contribution in [2.45, 2.75) is 33.9 Å². The van der Waals surface area contributed by atoms with Gasteiger partial charge in [-0.3, -0.25) is 4.57 Å². The molecule has 0 bridgehead atoms. The summed E-state index contributed by atoms with van der Waals surface area (Å²) in [7, 11) is 0. The van der Waals surface area contributed by atoms with Crippen molar-refractivity contribution in [2.75, 3.05) is 0 Å². The molecule has 2 heterocycles. The Morgan fingerprint density at radius 1 is 1.25 bits per heavy atom. The van der Waals surface area contributed by atoms with E-state index >= 15 is 0 Å². The number of rotatable bonds is 3. The quantitative estimate of drug-likeness (QED) is 0.747. The number of H-pyrrole nitrogens is 1. The first-order valence-electron chi connectivity index (χ1n) is 6.82. The molecule has 1 N–H and O–H groups in total. The zero-order chi connectivity index (χ0) is 14.3. The van der Waals surface area contributed by atoms with Gasteiger partial charge in [-0.25, -0.2) is 4.68 Å². The van der Waals surface area contributed by atoms with E-state index in [-0.39, 0.29) is 0 Å². The van der Waals surface area contributed by atoms with Gasteiger partial charge in [0.15, 0.2) is 10.4 Å². The normalized spacial score (nSPS) is 11.3. The van der Waals surface area contributed by atoms with Gasteiger partial charge >= 0.3 is 0 Å². The summed E-state index contributed by atoms with van der Waals surface area (Å²) >= 11 is 5.48. The van der Waals surface area contributed by atoms with Crippen LogP contribution in [0, 0.1) is 18.6 Å². The zero-order valence-electron chi connectivity index (χ0n) is 12.0. The lowest BCUT2D eigenvalue weighted by atomic mass is 10.1. The minimum Gasteiger partial charge on any atom is -0.328 e. The number of nitrogens with zero attached hydrogens (tertiary/aromatic N) is 3. The van der Waals surface area contributed by atoms with Crippen LogP contribution in [-0.2, 0) is 13.1 Å². The van der Waals surface area contributed by atoms with E-state index in [1.54, 1.807) is 0 Å². The molecule has 5 heteroatoms. The fourth-order valence-corrected chi connectivity index (χ4v) is 2.84. The summed E-state index contributed by atoms with van der Waals surface area (Å²) in [4.78, 5) is 3.28. The maximum Gasteiger partial charge on any atom is 0.179 e. The molecule has 20 heavy (non-hydrogen) atoms. The molecule has 0 spiro atoms. The van der Waals surface area contributed by atoms with E-state index in [0.29, 0.717) is 0 Å². The summed E-state index contributed by atoms with van der Waals surface area (Å²) < 4.78 is 4.90. The van der Waals surface area contributed by atoms with Crippen molar-refractivity contribution < 1.29 is 0 Å². The third-order valence-corrected chi connectivity index (χ3v) is 4.05. The number of hydrogen-bond donors (Lipinski definition) is 1. The van der Waals surface area contributed by atoms with Crippen molar-refractivity contribution >= 4 is 23.4 Å². The highest BCUT2D eigenvalue weighted by atomic mass is 32.1. The molecule has 2 aromatic heterocycles. The second-order valence-corrected chi connectivity index (χ2v) is 5.43. The molecule has 1 aromatic carbocycles. The Bertz CT molecular complexity index is 822. The lowest BCUT2D eigenvalue weighted by Gasteiger charge is -2.08. The van der Waals surface area contributed by atoms with Crippen LogP contribution in [0.2, 0.25) is 0 Å². The molecule has 0 saturated carbocycles. The van der Waals surface area contributed by atoms with Crippen LogP contribution in [0.5, 0.6) is 0 Å². The van der Waals surface area contributed by atoms with Gasteiger partial charge in [0.25, 0.3) is 0 Å². The molecule has 0 radical (unpaired) electrons. The highest BCUT2D eigenvalue weighted by molar-refractivity contribution is 7.71. The highest BCUT2D eigenvalue weighted by Crippen LogP contribution is 2.20. The summed E-state index contributed by atoms with van der Waals surface area (Å²) in [5.74, 6) is 0. The summed E-state index contributed by atoms with van der Waals surface area (Å²) in [5, 5.41) is 4.55. The Kier molecular flexibility index (Phi) is 3.22. The topological polar surface area (TPSA) is 38.5 Å². The number of aromatic nitrogens is 4. The first kappa shape index (κ1) is 13.1. The maximum absolute atomic E-state index is 5.48. The third kappa shape index (κ3) is 1.98. The smallest absolute Gasteiger partial charge is 0.179 e. The van der Waals surface area contributed by atoms with Gasteiger partial charge in [-0.2, -0.15) is 5.10 Å². The predicted molar refractivity (Wildman–Crippen MR) is 83.6 cm³/mol. The average molecular weight is 286 g/mol. The van der Waals surface area contributed by atoms with Crippen LogP contribution in [0.4, 0.5) is 0 Å². The van der Waals surface area contributed by atoms with Gasteiger partial charge in [0.2, 0.25) is 0 Å². The van der Waals surface area contributed by atoms with Crippen molar-refractivity contribution in [1.29, 1.82) is 0 Å². The summed E-state index contributed by atoms with van der Waals surface area (Å²) in [6, 6.07) is 8.41. The minimum absolute atomic E-state index is 0.756. The minimum atomic E-state index is 0.756. The molecule has 3 aromatic rings. The molecule has 104 valence electrons. The molecule has 0 aliphatic heterocycles. The van der Waals surface area contributed by atoms with E-state index in [1.807, 2.05) is 11.6 Å². The third-order valence-electron chi connectivity index (χ3n) is 3.72. The number of fused-ring (bicyclic) bond motifs is 1. The lowest BCUT2D eigenvalue weighted by Crippen LogP contribution is -2.07. The Labute approximate surface area is 123 Å². The fourth-order valence-electron chi connectivity index (χ4n) is 2.59. The van der Waals surface area contributed by atoms with Gasteiger partial charge in [-0.1, -0.05) is 24.3 Å². The number of aromatic amines is 1. The van der Waals surface area contributed by atoms with Gasteiger partial charge in [0.1, 0.15) is 5.52 Å². The van der Waals surface area contributed by atoms with Crippen molar-refractivity contribution in [1.82, 2.24) is 19.3 Å². The standard InChI is InChI=1S/C15H18N4S/c1-4-19-14-13(11(3)17-19)16-15(20)18(14)9-12-8-6-5-7-10(12)2/h5-8H,4,9H2,1-3H3,(H,16,20). The van der Waals surface area contributed by atoms with Crippen LogP contribution < -0.4 is 0 Å². The zero-order valence-corrected chi connectivity index (χ0v) is 12.8. The highest BCUT2D eigenvalue weighted by Gasteiger charge is 2.14.